The van der Waals surface area contributed by atoms with Crippen LogP contribution in [0.5, 0.6) is 11.5 Å². The molecule has 0 aliphatic heterocycles. The van der Waals surface area contributed by atoms with Crippen LogP contribution in [0.3, 0.4) is 0 Å². The highest BCUT2D eigenvalue weighted by Crippen LogP contribution is 2.42. The predicted octanol–water partition coefficient (Wildman–Crippen LogP) is 11.7. The second kappa shape index (κ2) is 18.3. The fourth-order valence-electron chi connectivity index (χ4n) is 6.68. The Kier molecular flexibility index (Phi) is 12.4. The van der Waals surface area contributed by atoms with E-state index in [0.717, 1.165) is 0 Å². The number of carbonyl (C=O) groups excluding carboxylic acids is 4. The number of esters is 2. The Morgan fingerprint density at radius 3 is 1.32 bits per heavy atom. The van der Waals surface area contributed by atoms with Crippen LogP contribution in [0.1, 0.15) is 66.4 Å². The number of phenols is 2. The van der Waals surface area contributed by atoms with E-state index in [1.165, 1.54) is 12.1 Å². The molecule has 7 rings (SSSR count). The second-order valence-electron chi connectivity index (χ2n) is 14.0. The molecule has 0 saturated heterocycles. The average Bonchev–Trinajstić information content (AvgIpc) is 3.27. The number of ether oxygens (including phenoxy) is 2. The van der Waals surface area contributed by atoms with Gasteiger partial charge < -0.3 is 30.3 Å². The van der Waals surface area contributed by atoms with Gasteiger partial charge in [-0.05, 0) is 110 Å². The maximum absolute atomic E-state index is 13.9. The van der Waals surface area contributed by atoms with Crippen LogP contribution in [-0.4, -0.2) is 47.2 Å². The van der Waals surface area contributed by atoms with Gasteiger partial charge in [-0.25, -0.2) is 9.59 Å². The van der Waals surface area contributed by atoms with Crippen molar-refractivity contribution in [1.82, 2.24) is 0 Å². The van der Waals surface area contributed by atoms with Gasteiger partial charge in [0.2, 0.25) is 0 Å². The number of azo groups is 2. The first kappa shape index (κ1) is 41.9. The molecule has 0 aromatic heterocycles. The van der Waals surface area contributed by atoms with Crippen molar-refractivity contribution in [2.75, 3.05) is 23.8 Å². The largest absolute Gasteiger partial charge is 0.505 e. The minimum atomic E-state index is -0.622. The lowest BCUT2D eigenvalue weighted by Crippen LogP contribution is -2.15. The zero-order valence-corrected chi connectivity index (χ0v) is 34.1. The second-order valence-corrected chi connectivity index (χ2v) is 14.0. The van der Waals surface area contributed by atoms with Gasteiger partial charge in [0.05, 0.1) is 46.8 Å². The summed E-state index contributed by atoms with van der Waals surface area (Å²) >= 11 is 0. The summed E-state index contributed by atoms with van der Waals surface area (Å²) in [5.74, 6) is -3.05. The fourth-order valence-corrected chi connectivity index (χ4v) is 6.68. The molecule has 62 heavy (non-hydrogen) atoms. The van der Waals surface area contributed by atoms with Crippen LogP contribution >= 0.6 is 0 Å². The molecule has 14 nitrogen and oxygen atoms in total. The molecule has 0 aliphatic rings. The van der Waals surface area contributed by atoms with Crippen LogP contribution in [0.15, 0.2) is 142 Å². The normalized spacial score (nSPS) is 11.3. The molecule has 0 radical (unpaired) electrons. The van der Waals surface area contributed by atoms with Gasteiger partial charge in [-0.2, -0.15) is 10.2 Å². The standard InChI is InChI=1S/C48H40N6O8/c1-5-61-47(59)31-15-11-17-33(23-31)51-53-41-35-19-9-7-13-29(35)25-37(43(41)55)45(57)49-39-21-28(4)40(22-27(39)3)50-46(58)38-26-30-14-8-10-20-36(30)42(44(38)56)54-52-34-18-12-16-32(24-34)48(60)62-6-2/h7-26,55-56H,5-6H2,1-4H3,(H,49,57)(H,50,58). The number of benzene rings is 7. The molecule has 14 heteroatoms. The van der Waals surface area contributed by atoms with Gasteiger partial charge in [0, 0.05) is 22.1 Å². The van der Waals surface area contributed by atoms with Crippen LogP contribution in [0, 0.1) is 13.8 Å². The predicted molar refractivity (Wildman–Crippen MR) is 236 cm³/mol. The van der Waals surface area contributed by atoms with E-state index in [0.29, 0.717) is 66.5 Å². The molecule has 0 spiro atoms. The Hall–Kier alpha value is -8.26. The summed E-state index contributed by atoms with van der Waals surface area (Å²) in [6, 6.07) is 33.5. The number of nitrogens with one attached hydrogen (secondary N) is 2. The molecule has 0 fully saturated rings. The van der Waals surface area contributed by atoms with E-state index in [4.69, 9.17) is 9.47 Å². The van der Waals surface area contributed by atoms with Crippen molar-refractivity contribution in [2.24, 2.45) is 20.5 Å². The van der Waals surface area contributed by atoms with Crippen LogP contribution in [-0.2, 0) is 9.47 Å². The number of aromatic hydroxyl groups is 2. The zero-order valence-electron chi connectivity index (χ0n) is 34.1. The molecule has 7 aromatic carbocycles. The van der Waals surface area contributed by atoms with Gasteiger partial charge in [0.25, 0.3) is 11.8 Å². The number of nitrogens with zero attached hydrogens (tertiary/aromatic N) is 4. The lowest BCUT2D eigenvalue weighted by Gasteiger charge is -2.16. The van der Waals surface area contributed by atoms with Gasteiger partial charge >= 0.3 is 11.9 Å². The van der Waals surface area contributed by atoms with Crippen LogP contribution in [0.4, 0.5) is 34.1 Å². The number of anilines is 2. The van der Waals surface area contributed by atoms with Crippen LogP contribution in [0.2, 0.25) is 0 Å². The van der Waals surface area contributed by atoms with Crippen molar-refractivity contribution in [3.63, 3.8) is 0 Å². The van der Waals surface area contributed by atoms with Crippen molar-refractivity contribution in [1.29, 1.82) is 0 Å². The summed E-state index contributed by atoms with van der Waals surface area (Å²) < 4.78 is 10.2. The van der Waals surface area contributed by atoms with E-state index in [1.807, 2.05) is 0 Å². The van der Waals surface area contributed by atoms with Gasteiger partial charge in [0.1, 0.15) is 11.4 Å². The summed E-state index contributed by atoms with van der Waals surface area (Å²) in [7, 11) is 0. The lowest BCUT2D eigenvalue weighted by atomic mass is 10.0. The first-order chi connectivity index (χ1) is 29.9. The molecule has 4 N–H and O–H groups in total. The van der Waals surface area contributed by atoms with Crippen molar-refractivity contribution in [3.05, 3.63) is 155 Å². The molecule has 0 bridgehead atoms. The Morgan fingerprint density at radius 1 is 0.516 bits per heavy atom. The Morgan fingerprint density at radius 2 is 0.919 bits per heavy atom. The molecule has 0 saturated carbocycles. The number of fused-ring (bicyclic) bond motifs is 2. The maximum atomic E-state index is 13.9. The molecular weight excluding hydrogens is 789 g/mol. The summed E-state index contributed by atoms with van der Waals surface area (Å²) in [5.41, 5.74) is 3.27. The Bertz CT molecular complexity index is 2780. The van der Waals surface area contributed by atoms with E-state index in [9.17, 15) is 29.4 Å². The molecule has 0 unspecified atom stereocenters. The van der Waals surface area contributed by atoms with Crippen molar-refractivity contribution >= 4 is 79.4 Å². The van der Waals surface area contributed by atoms with Crippen LogP contribution < -0.4 is 10.6 Å². The first-order valence-electron chi connectivity index (χ1n) is 19.6. The molecule has 0 aliphatic carbocycles. The summed E-state index contributed by atoms with van der Waals surface area (Å²) in [6.07, 6.45) is 0. The number of amides is 2. The Labute approximate surface area is 355 Å². The fraction of sp³-hybridized carbons (Fsp3) is 0.125. The summed E-state index contributed by atoms with van der Waals surface area (Å²) in [4.78, 5) is 52.3. The highest BCUT2D eigenvalue weighted by molar-refractivity contribution is 6.13. The third kappa shape index (κ3) is 8.99. The topological polar surface area (TPSA) is 201 Å². The van der Waals surface area contributed by atoms with Crippen LogP contribution in [0.25, 0.3) is 21.5 Å². The molecular formula is C48H40N6O8. The molecule has 0 heterocycles. The van der Waals surface area contributed by atoms with Crippen molar-refractivity contribution in [3.8, 4) is 11.5 Å². The smallest absolute Gasteiger partial charge is 0.338 e. The first-order valence-corrected chi connectivity index (χ1v) is 19.6. The highest BCUT2D eigenvalue weighted by atomic mass is 16.5. The Balaban J connectivity index is 1.14. The number of rotatable bonds is 12. The third-order valence-corrected chi connectivity index (χ3v) is 9.79. The van der Waals surface area contributed by atoms with Crippen molar-refractivity contribution in [2.45, 2.75) is 27.7 Å². The van der Waals surface area contributed by atoms with E-state index in [2.05, 4.69) is 31.1 Å². The molecule has 0 atom stereocenters. The number of carbonyl (C=O) groups is 4. The lowest BCUT2D eigenvalue weighted by molar-refractivity contribution is 0.0517. The molecule has 2 amide bonds. The van der Waals surface area contributed by atoms with E-state index < -0.39 is 35.3 Å². The number of aryl methyl sites for hydroxylation is 2. The highest BCUT2D eigenvalue weighted by Gasteiger charge is 2.22. The number of hydrogen-bond donors (Lipinski definition) is 4. The summed E-state index contributed by atoms with van der Waals surface area (Å²) in [5, 5.41) is 48.2. The monoisotopic (exact) mass is 828 g/mol. The van der Waals surface area contributed by atoms with Gasteiger partial charge in [0.15, 0.2) is 11.5 Å². The number of phenolic OH excluding ortho intramolecular Hbond substituents is 2. The summed E-state index contributed by atoms with van der Waals surface area (Å²) in [6.45, 7) is 7.35. The van der Waals surface area contributed by atoms with Crippen molar-refractivity contribution < 1.29 is 38.9 Å². The van der Waals surface area contributed by atoms with E-state index >= 15 is 0 Å². The SMILES string of the molecule is CCOC(=O)c1cccc(N=Nc2c(O)c(C(=O)Nc3cc(C)c(NC(=O)c4cc5ccccc5c(N=Nc5cccc(C(=O)OCC)c5)c4O)cc3C)cc3ccccc23)c1. The van der Waals surface area contributed by atoms with Gasteiger partial charge in [-0.3, -0.25) is 9.59 Å². The van der Waals surface area contributed by atoms with Gasteiger partial charge in [-0.15, -0.1) is 10.2 Å². The number of hydrogen-bond acceptors (Lipinski definition) is 12. The molecule has 310 valence electrons. The zero-order chi connectivity index (χ0) is 43.9. The quantitative estimate of drug-likeness (QED) is 0.0688. The average molecular weight is 829 g/mol. The maximum Gasteiger partial charge on any atom is 0.338 e. The minimum Gasteiger partial charge on any atom is -0.505 e. The third-order valence-electron chi connectivity index (χ3n) is 9.79. The van der Waals surface area contributed by atoms with E-state index in [-0.39, 0.29) is 35.7 Å². The molecule has 7 aromatic rings. The van der Waals surface area contributed by atoms with E-state index in [1.54, 1.807) is 137 Å². The van der Waals surface area contributed by atoms with Gasteiger partial charge in [-0.1, -0.05) is 60.7 Å². The minimum absolute atomic E-state index is 0.0567.